The van der Waals surface area contributed by atoms with Crippen LogP contribution in [0.1, 0.15) is 5.56 Å². The van der Waals surface area contributed by atoms with E-state index in [4.69, 9.17) is 23.2 Å². The van der Waals surface area contributed by atoms with Gasteiger partial charge in [-0.3, -0.25) is 0 Å². The van der Waals surface area contributed by atoms with Crippen molar-refractivity contribution in [2.75, 3.05) is 0 Å². The molecule has 4 heteroatoms. The Hall–Kier alpha value is -1.32. The minimum absolute atomic E-state index is 0.192. The third kappa shape index (κ3) is 1.11. The predicted molar refractivity (Wildman–Crippen MR) is 41.6 cm³/mol. The number of benzene rings is 1. The number of aromatic hydroxyl groups is 3. The molecule has 3 nitrogen and oxygen atoms in total. The van der Waals surface area contributed by atoms with E-state index in [1.807, 2.05) is 0 Å². The minimum Gasteiger partial charge on any atom is -0.508 e. The number of rotatable bonds is 0. The molecule has 0 fully saturated rings. The molecule has 0 aliphatic rings. The SMILES string of the molecule is [B]c1c(O)c(C)cc(O)c1O. The molecule has 0 bridgehead atoms. The van der Waals surface area contributed by atoms with Gasteiger partial charge in [-0.25, -0.2) is 0 Å². The van der Waals surface area contributed by atoms with Crippen LogP contribution >= 0.6 is 0 Å². The van der Waals surface area contributed by atoms with Crippen molar-refractivity contribution in [1.29, 1.82) is 0 Å². The Bertz CT molecular complexity index is 270. The van der Waals surface area contributed by atoms with E-state index < -0.39 is 5.75 Å². The van der Waals surface area contributed by atoms with Crippen LogP contribution in [0, 0.1) is 6.92 Å². The van der Waals surface area contributed by atoms with Crippen LogP contribution in [0.25, 0.3) is 0 Å². The van der Waals surface area contributed by atoms with Crippen molar-refractivity contribution in [3.63, 3.8) is 0 Å². The van der Waals surface area contributed by atoms with Gasteiger partial charge in [0.25, 0.3) is 0 Å². The highest BCUT2D eigenvalue weighted by Gasteiger charge is 2.09. The Morgan fingerprint density at radius 3 is 2.27 bits per heavy atom. The molecule has 3 N–H and O–H groups in total. The second kappa shape index (κ2) is 2.38. The molecule has 1 aromatic carbocycles. The maximum atomic E-state index is 9.12. The van der Waals surface area contributed by atoms with E-state index >= 15 is 0 Å². The largest absolute Gasteiger partial charge is 0.508 e. The zero-order valence-corrected chi connectivity index (χ0v) is 6.00. The van der Waals surface area contributed by atoms with Crippen molar-refractivity contribution in [3.8, 4) is 17.2 Å². The summed E-state index contributed by atoms with van der Waals surface area (Å²) in [4.78, 5) is 0. The van der Waals surface area contributed by atoms with Gasteiger partial charge in [-0.05, 0) is 24.0 Å². The summed E-state index contributed by atoms with van der Waals surface area (Å²) in [6.45, 7) is 1.57. The molecule has 0 amide bonds. The van der Waals surface area contributed by atoms with Crippen molar-refractivity contribution in [2.45, 2.75) is 6.92 Å². The molecule has 0 aliphatic heterocycles. The highest BCUT2D eigenvalue weighted by atomic mass is 16.3. The molecule has 0 aromatic heterocycles. The van der Waals surface area contributed by atoms with E-state index in [2.05, 4.69) is 0 Å². The lowest BCUT2D eigenvalue weighted by molar-refractivity contribution is 0.400. The van der Waals surface area contributed by atoms with Crippen LogP contribution < -0.4 is 5.46 Å². The average Bonchev–Trinajstić information content (AvgIpc) is 1.97. The molecule has 11 heavy (non-hydrogen) atoms. The molecule has 0 heterocycles. The van der Waals surface area contributed by atoms with Crippen LogP contribution in [0.2, 0.25) is 0 Å². The van der Waals surface area contributed by atoms with Crippen LogP contribution in [0.15, 0.2) is 6.07 Å². The van der Waals surface area contributed by atoms with Gasteiger partial charge in [0.1, 0.15) is 13.6 Å². The van der Waals surface area contributed by atoms with Crippen molar-refractivity contribution in [3.05, 3.63) is 11.6 Å². The Kier molecular flexibility index (Phi) is 1.68. The van der Waals surface area contributed by atoms with E-state index in [0.717, 1.165) is 0 Å². The summed E-state index contributed by atoms with van der Waals surface area (Å²) in [5, 5.41) is 27.1. The fourth-order valence-corrected chi connectivity index (χ4v) is 0.804. The number of phenols is 3. The lowest BCUT2D eigenvalue weighted by Gasteiger charge is -2.06. The van der Waals surface area contributed by atoms with Gasteiger partial charge in [-0.15, -0.1) is 0 Å². The van der Waals surface area contributed by atoms with Crippen molar-refractivity contribution in [2.24, 2.45) is 0 Å². The third-order valence-electron chi connectivity index (χ3n) is 1.48. The van der Waals surface area contributed by atoms with Crippen molar-refractivity contribution >= 4 is 13.3 Å². The first-order chi connectivity index (χ1) is 5.04. The molecular formula is C7H7BO3. The van der Waals surface area contributed by atoms with E-state index in [-0.39, 0.29) is 17.0 Å². The van der Waals surface area contributed by atoms with E-state index in [9.17, 15) is 0 Å². The van der Waals surface area contributed by atoms with Gasteiger partial charge < -0.3 is 15.3 Å². The average molecular weight is 150 g/mol. The smallest absolute Gasteiger partial charge is 0.157 e. The summed E-state index contributed by atoms with van der Waals surface area (Å²) in [6.07, 6.45) is 0. The fourth-order valence-electron chi connectivity index (χ4n) is 0.804. The third-order valence-corrected chi connectivity index (χ3v) is 1.48. The van der Waals surface area contributed by atoms with Gasteiger partial charge >= 0.3 is 0 Å². The lowest BCUT2D eigenvalue weighted by atomic mass is 9.91. The number of hydrogen-bond acceptors (Lipinski definition) is 3. The maximum absolute atomic E-state index is 9.12. The monoisotopic (exact) mass is 150 g/mol. The summed E-state index contributed by atoms with van der Waals surface area (Å²) in [5.41, 5.74) is 0.236. The Morgan fingerprint density at radius 1 is 1.18 bits per heavy atom. The number of hydrogen-bond donors (Lipinski definition) is 3. The lowest BCUT2D eigenvalue weighted by Crippen LogP contribution is -2.04. The van der Waals surface area contributed by atoms with Gasteiger partial charge in [-0.2, -0.15) is 0 Å². The van der Waals surface area contributed by atoms with Crippen molar-refractivity contribution < 1.29 is 15.3 Å². The molecule has 0 saturated heterocycles. The number of phenolic OH excluding ortho intramolecular Hbond substituents is 3. The van der Waals surface area contributed by atoms with Gasteiger partial charge in [0.15, 0.2) is 11.5 Å². The molecule has 0 saturated carbocycles. The Labute approximate surface area is 65.3 Å². The Morgan fingerprint density at radius 2 is 1.73 bits per heavy atom. The highest BCUT2D eigenvalue weighted by molar-refractivity contribution is 6.36. The first kappa shape index (κ1) is 7.79. The molecular weight excluding hydrogens is 143 g/mol. The second-order valence-corrected chi connectivity index (χ2v) is 2.32. The molecule has 1 aromatic rings. The van der Waals surface area contributed by atoms with E-state index in [1.54, 1.807) is 6.92 Å². The summed E-state index contributed by atoms with van der Waals surface area (Å²) < 4.78 is 0. The fraction of sp³-hybridized carbons (Fsp3) is 0.143. The van der Waals surface area contributed by atoms with Crippen LogP contribution in [0.4, 0.5) is 0 Å². The first-order valence-corrected chi connectivity index (χ1v) is 3.04. The molecule has 0 unspecified atom stereocenters. The molecule has 56 valence electrons. The number of aryl methyl sites for hydroxylation is 1. The maximum Gasteiger partial charge on any atom is 0.157 e. The van der Waals surface area contributed by atoms with E-state index in [1.165, 1.54) is 6.07 Å². The summed E-state index contributed by atoms with van der Waals surface area (Å²) >= 11 is 0. The molecule has 0 atom stereocenters. The standard InChI is InChI=1S/C7H7BO3/c1-3-2-4(9)7(11)5(8)6(3)10/h2,9-11H,1H3. The normalized spacial score (nSPS) is 9.91. The molecule has 0 spiro atoms. The minimum atomic E-state index is -0.479. The zero-order chi connectivity index (χ0) is 8.59. The predicted octanol–water partition coefficient (Wildman–Crippen LogP) is -0.0944. The molecule has 2 radical (unpaired) electrons. The first-order valence-electron chi connectivity index (χ1n) is 3.04. The van der Waals surface area contributed by atoms with Gasteiger partial charge in [0.05, 0.1) is 0 Å². The van der Waals surface area contributed by atoms with Crippen molar-refractivity contribution in [1.82, 2.24) is 0 Å². The quantitative estimate of drug-likeness (QED) is 0.275. The summed E-state index contributed by atoms with van der Waals surface area (Å²) in [5.74, 6) is -0.994. The highest BCUT2D eigenvalue weighted by Crippen LogP contribution is 2.28. The van der Waals surface area contributed by atoms with Crippen LogP contribution in [0.5, 0.6) is 17.2 Å². The van der Waals surface area contributed by atoms with Crippen LogP contribution in [0.3, 0.4) is 0 Å². The topological polar surface area (TPSA) is 60.7 Å². The Balaban J connectivity index is 3.46. The van der Waals surface area contributed by atoms with Crippen LogP contribution in [-0.4, -0.2) is 23.2 Å². The van der Waals surface area contributed by atoms with Crippen LogP contribution in [-0.2, 0) is 0 Å². The van der Waals surface area contributed by atoms with E-state index in [0.29, 0.717) is 5.56 Å². The summed E-state index contributed by atoms with van der Waals surface area (Å²) in [7, 11) is 5.22. The van der Waals surface area contributed by atoms with Gasteiger partial charge in [-0.1, -0.05) is 0 Å². The zero-order valence-electron chi connectivity index (χ0n) is 6.00. The van der Waals surface area contributed by atoms with Gasteiger partial charge in [0.2, 0.25) is 0 Å². The van der Waals surface area contributed by atoms with Gasteiger partial charge in [0, 0.05) is 0 Å². The molecule has 1 rings (SSSR count). The molecule has 0 aliphatic carbocycles. The second-order valence-electron chi connectivity index (χ2n) is 2.32. The summed E-state index contributed by atoms with van der Waals surface area (Å²) in [6, 6.07) is 1.24.